The first-order valence-corrected chi connectivity index (χ1v) is 5.89. The van der Waals surface area contributed by atoms with E-state index in [1.165, 1.54) is 16.9 Å². The largest absolute Gasteiger partial charge is 0.399 e. The molecule has 0 fully saturated rings. The van der Waals surface area contributed by atoms with E-state index in [-0.39, 0.29) is 0 Å². The van der Waals surface area contributed by atoms with E-state index in [0.717, 1.165) is 12.1 Å². The molecule has 0 aliphatic rings. The van der Waals surface area contributed by atoms with Gasteiger partial charge in [0, 0.05) is 24.1 Å². The second-order valence-electron chi connectivity index (χ2n) is 4.14. The Labute approximate surface area is 103 Å². The predicted molar refractivity (Wildman–Crippen MR) is 74.7 cm³/mol. The quantitative estimate of drug-likeness (QED) is 0.810. The van der Waals surface area contributed by atoms with Crippen molar-refractivity contribution in [3.05, 3.63) is 54.1 Å². The Morgan fingerprint density at radius 1 is 1.06 bits per heavy atom. The van der Waals surface area contributed by atoms with Crippen molar-refractivity contribution < 1.29 is 0 Å². The van der Waals surface area contributed by atoms with Crippen LogP contribution in [0, 0.1) is 0 Å². The van der Waals surface area contributed by atoms with Crippen molar-refractivity contribution in [2.75, 3.05) is 17.7 Å². The van der Waals surface area contributed by atoms with E-state index < -0.39 is 0 Å². The molecule has 88 valence electrons. The van der Waals surface area contributed by atoms with Crippen LogP contribution in [-0.2, 0) is 6.42 Å². The zero-order valence-electron chi connectivity index (χ0n) is 10.4. The number of anilines is 3. The maximum atomic E-state index is 5.82. The van der Waals surface area contributed by atoms with Gasteiger partial charge in [-0.3, -0.25) is 0 Å². The monoisotopic (exact) mass is 226 g/mol. The Balaban J connectivity index is 2.40. The highest BCUT2D eigenvalue weighted by atomic mass is 15.1. The third-order valence-corrected chi connectivity index (χ3v) is 2.99. The van der Waals surface area contributed by atoms with Crippen molar-refractivity contribution in [2.45, 2.75) is 13.3 Å². The van der Waals surface area contributed by atoms with E-state index >= 15 is 0 Å². The topological polar surface area (TPSA) is 29.3 Å². The molecule has 2 rings (SSSR count). The molecule has 0 saturated carbocycles. The second-order valence-corrected chi connectivity index (χ2v) is 4.14. The van der Waals surface area contributed by atoms with E-state index in [1.807, 2.05) is 12.1 Å². The fourth-order valence-corrected chi connectivity index (χ4v) is 2.01. The van der Waals surface area contributed by atoms with Crippen LogP contribution in [-0.4, -0.2) is 7.05 Å². The summed E-state index contributed by atoms with van der Waals surface area (Å²) < 4.78 is 0. The van der Waals surface area contributed by atoms with Crippen LogP contribution in [0.25, 0.3) is 0 Å². The first kappa shape index (κ1) is 11.5. The van der Waals surface area contributed by atoms with Crippen LogP contribution >= 0.6 is 0 Å². The lowest BCUT2D eigenvalue weighted by molar-refractivity contribution is 1.09. The first-order chi connectivity index (χ1) is 8.22. The van der Waals surface area contributed by atoms with Crippen molar-refractivity contribution in [3.8, 4) is 0 Å². The van der Waals surface area contributed by atoms with Gasteiger partial charge in [-0.15, -0.1) is 0 Å². The van der Waals surface area contributed by atoms with Gasteiger partial charge in [-0.1, -0.05) is 25.1 Å². The third-order valence-electron chi connectivity index (χ3n) is 2.99. The Morgan fingerprint density at radius 3 is 2.41 bits per heavy atom. The van der Waals surface area contributed by atoms with E-state index in [0.29, 0.717) is 0 Å². The number of benzene rings is 2. The maximum Gasteiger partial charge on any atom is 0.0442 e. The number of nitrogen functional groups attached to an aromatic ring is 1. The van der Waals surface area contributed by atoms with Crippen molar-refractivity contribution in [1.82, 2.24) is 0 Å². The molecule has 17 heavy (non-hydrogen) atoms. The highest BCUT2D eigenvalue weighted by Crippen LogP contribution is 2.28. The van der Waals surface area contributed by atoms with Gasteiger partial charge in [-0.2, -0.15) is 0 Å². The number of hydrogen-bond donors (Lipinski definition) is 1. The fraction of sp³-hybridized carbons (Fsp3) is 0.200. The summed E-state index contributed by atoms with van der Waals surface area (Å²) in [5.74, 6) is 0. The molecule has 0 aromatic heterocycles. The number of nitrogens with two attached hydrogens (primary N) is 1. The van der Waals surface area contributed by atoms with E-state index in [1.54, 1.807) is 0 Å². The van der Waals surface area contributed by atoms with Gasteiger partial charge in [0.05, 0.1) is 0 Å². The average Bonchev–Trinajstić information content (AvgIpc) is 2.39. The molecule has 2 N–H and O–H groups in total. The number of para-hydroxylation sites is 1. The molecule has 2 nitrogen and oxygen atoms in total. The standard InChI is InChI=1S/C15H18N2/c1-3-12-11-13(16)9-10-15(12)17(2)14-7-5-4-6-8-14/h4-11H,3,16H2,1-2H3. The average molecular weight is 226 g/mol. The molecular weight excluding hydrogens is 208 g/mol. The first-order valence-electron chi connectivity index (χ1n) is 5.89. The molecule has 2 heteroatoms. The SMILES string of the molecule is CCc1cc(N)ccc1N(C)c1ccccc1. The van der Waals surface area contributed by atoms with Crippen molar-refractivity contribution in [2.24, 2.45) is 0 Å². The van der Waals surface area contributed by atoms with Crippen LogP contribution in [0.15, 0.2) is 48.5 Å². The molecule has 0 bridgehead atoms. The van der Waals surface area contributed by atoms with E-state index in [4.69, 9.17) is 5.73 Å². The normalized spacial score (nSPS) is 10.2. The van der Waals surface area contributed by atoms with Gasteiger partial charge in [-0.05, 0) is 42.3 Å². The molecule has 0 saturated heterocycles. The summed E-state index contributed by atoms with van der Waals surface area (Å²) in [6.45, 7) is 2.15. The van der Waals surface area contributed by atoms with Gasteiger partial charge < -0.3 is 10.6 Å². The Kier molecular flexibility index (Phi) is 3.33. The smallest absolute Gasteiger partial charge is 0.0442 e. The summed E-state index contributed by atoms with van der Waals surface area (Å²) >= 11 is 0. The highest BCUT2D eigenvalue weighted by molar-refractivity contribution is 5.68. The van der Waals surface area contributed by atoms with Crippen molar-refractivity contribution in [3.63, 3.8) is 0 Å². The lowest BCUT2D eigenvalue weighted by Crippen LogP contribution is -2.11. The summed E-state index contributed by atoms with van der Waals surface area (Å²) in [4.78, 5) is 2.19. The van der Waals surface area contributed by atoms with Crippen LogP contribution in [0.4, 0.5) is 17.1 Å². The molecule has 2 aromatic carbocycles. The molecule has 0 spiro atoms. The summed E-state index contributed by atoms with van der Waals surface area (Å²) in [5, 5.41) is 0. The minimum absolute atomic E-state index is 0.826. The van der Waals surface area contributed by atoms with Crippen molar-refractivity contribution in [1.29, 1.82) is 0 Å². The van der Waals surface area contributed by atoms with Gasteiger partial charge in [0.25, 0.3) is 0 Å². The van der Waals surface area contributed by atoms with Gasteiger partial charge in [0.1, 0.15) is 0 Å². The second kappa shape index (κ2) is 4.91. The number of nitrogens with zero attached hydrogens (tertiary/aromatic N) is 1. The lowest BCUT2D eigenvalue weighted by Gasteiger charge is -2.22. The Morgan fingerprint density at radius 2 is 1.76 bits per heavy atom. The van der Waals surface area contributed by atoms with Gasteiger partial charge in [0.2, 0.25) is 0 Å². The Hall–Kier alpha value is -1.96. The van der Waals surface area contributed by atoms with Crippen LogP contribution in [0.1, 0.15) is 12.5 Å². The van der Waals surface area contributed by atoms with Crippen molar-refractivity contribution >= 4 is 17.1 Å². The highest BCUT2D eigenvalue weighted by Gasteiger charge is 2.07. The summed E-state index contributed by atoms with van der Waals surface area (Å²) in [5.41, 5.74) is 10.3. The minimum Gasteiger partial charge on any atom is -0.399 e. The van der Waals surface area contributed by atoms with Crippen LogP contribution in [0.5, 0.6) is 0 Å². The lowest BCUT2D eigenvalue weighted by atomic mass is 10.1. The summed E-state index contributed by atoms with van der Waals surface area (Å²) in [6.07, 6.45) is 0.984. The molecule has 0 amide bonds. The van der Waals surface area contributed by atoms with E-state index in [9.17, 15) is 0 Å². The zero-order valence-corrected chi connectivity index (χ0v) is 10.4. The van der Waals surface area contributed by atoms with Crippen LogP contribution in [0.2, 0.25) is 0 Å². The fourth-order valence-electron chi connectivity index (χ4n) is 2.01. The predicted octanol–water partition coefficient (Wildman–Crippen LogP) is 3.60. The number of aryl methyl sites for hydroxylation is 1. The molecule has 0 heterocycles. The summed E-state index contributed by atoms with van der Waals surface area (Å²) in [7, 11) is 2.08. The molecule has 2 aromatic rings. The minimum atomic E-state index is 0.826. The Bertz CT molecular complexity index is 492. The zero-order chi connectivity index (χ0) is 12.3. The van der Waals surface area contributed by atoms with Gasteiger partial charge in [0.15, 0.2) is 0 Å². The molecule has 0 atom stereocenters. The number of hydrogen-bond acceptors (Lipinski definition) is 2. The molecule has 0 aliphatic heterocycles. The van der Waals surface area contributed by atoms with E-state index in [2.05, 4.69) is 55.3 Å². The molecule has 0 unspecified atom stereocenters. The summed E-state index contributed by atoms with van der Waals surface area (Å²) in [6, 6.07) is 16.4. The molecular formula is C15H18N2. The third kappa shape index (κ3) is 2.41. The number of rotatable bonds is 3. The maximum absolute atomic E-state index is 5.82. The van der Waals surface area contributed by atoms with Gasteiger partial charge >= 0.3 is 0 Å². The van der Waals surface area contributed by atoms with Gasteiger partial charge in [-0.25, -0.2) is 0 Å². The molecule has 0 radical (unpaired) electrons. The molecule has 0 aliphatic carbocycles. The van der Waals surface area contributed by atoms with Crippen LogP contribution in [0.3, 0.4) is 0 Å². The van der Waals surface area contributed by atoms with Crippen LogP contribution < -0.4 is 10.6 Å².